The lowest BCUT2D eigenvalue weighted by Gasteiger charge is -2.12. The Bertz CT molecular complexity index is 507. The van der Waals surface area contributed by atoms with Crippen molar-refractivity contribution in [2.45, 2.75) is 18.6 Å². The zero-order valence-electron chi connectivity index (χ0n) is 10.7. The third-order valence-corrected chi connectivity index (χ3v) is 4.01. The third kappa shape index (κ3) is 4.50. The molecular weight excluding hydrogens is 348 g/mol. The number of hydrogen-bond acceptors (Lipinski definition) is 6. The first-order valence-electron chi connectivity index (χ1n) is 5.91. The van der Waals surface area contributed by atoms with Crippen molar-refractivity contribution in [3.63, 3.8) is 0 Å². The Morgan fingerprint density at radius 1 is 1.50 bits per heavy atom. The van der Waals surface area contributed by atoms with Gasteiger partial charge in [-0.3, -0.25) is 4.79 Å². The molecule has 1 aromatic rings. The van der Waals surface area contributed by atoms with Gasteiger partial charge in [-0.05, 0) is 18.2 Å². The summed E-state index contributed by atoms with van der Waals surface area (Å²) in [5.74, 6) is -0.257. The van der Waals surface area contributed by atoms with Gasteiger partial charge in [0.1, 0.15) is 12.0 Å². The molecule has 1 aliphatic heterocycles. The van der Waals surface area contributed by atoms with Crippen LogP contribution in [0.3, 0.4) is 0 Å². The Morgan fingerprint density at radius 3 is 3.00 bits per heavy atom. The van der Waals surface area contributed by atoms with Crippen molar-refractivity contribution in [2.75, 3.05) is 12.4 Å². The Labute approximate surface area is 129 Å². The average Bonchev–Trinajstić information content (AvgIpc) is 2.82. The van der Waals surface area contributed by atoms with E-state index in [2.05, 4.69) is 15.9 Å². The van der Waals surface area contributed by atoms with Gasteiger partial charge in [-0.15, -0.1) is 11.8 Å². The standard InChI is InChI=1S/C13H13BrO5S/c1-8(15)18-11-7-20-12(19-11)6-17-13(16)9-3-2-4-10(14)5-9/h2-5,11-12H,6-7H2,1H3. The molecule has 2 unspecified atom stereocenters. The lowest BCUT2D eigenvalue weighted by Crippen LogP contribution is -2.22. The Hall–Kier alpha value is -1.05. The summed E-state index contributed by atoms with van der Waals surface area (Å²) < 4.78 is 16.3. The number of hydrogen-bond donors (Lipinski definition) is 0. The maximum Gasteiger partial charge on any atom is 0.338 e. The van der Waals surface area contributed by atoms with Crippen molar-refractivity contribution < 1.29 is 23.8 Å². The van der Waals surface area contributed by atoms with Crippen molar-refractivity contribution in [1.29, 1.82) is 0 Å². The van der Waals surface area contributed by atoms with Crippen LogP contribution in [0.15, 0.2) is 28.7 Å². The van der Waals surface area contributed by atoms with Crippen LogP contribution in [-0.2, 0) is 19.0 Å². The van der Waals surface area contributed by atoms with Crippen molar-refractivity contribution in [3.8, 4) is 0 Å². The number of ether oxygens (including phenoxy) is 3. The maximum atomic E-state index is 11.8. The highest BCUT2D eigenvalue weighted by molar-refractivity contribution is 9.10. The smallest absolute Gasteiger partial charge is 0.338 e. The molecule has 1 heterocycles. The summed E-state index contributed by atoms with van der Waals surface area (Å²) in [5, 5.41) is 0. The molecule has 1 aromatic carbocycles. The first-order chi connectivity index (χ1) is 9.54. The number of rotatable bonds is 4. The van der Waals surface area contributed by atoms with Crippen LogP contribution >= 0.6 is 27.7 Å². The molecule has 1 saturated heterocycles. The highest BCUT2D eigenvalue weighted by Gasteiger charge is 2.29. The Kier molecular flexibility index (Phi) is 5.45. The second kappa shape index (κ2) is 7.10. The summed E-state index contributed by atoms with van der Waals surface area (Å²) in [4.78, 5) is 22.6. The Balaban J connectivity index is 1.78. The van der Waals surface area contributed by atoms with Crippen LogP contribution in [0.4, 0.5) is 0 Å². The molecule has 0 spiro atoms. The van der Waals surface area contributed by atoms with E-state index in [1.165, 1.54) is 18.7 Å². The molecule has 1 fully saturated rings. The summed E-state index contributed by atoms with van der Waals surface area (Å²) in [5.41, 5.74) is 0.161. The minimum atomic E-state index is -0.563. The molecule has 1 aliphatic rings. The molecule has 0 bridgehead atoms. The lowest BCUT2D eigenvalue weighted by atomic mass is 10.2. The summed E-state index contributed by atoms with van der Waals surface area (Å²) in [6.07, 6.45) is -0.563. The minimum absolute atomic E-state index is 0.119. The molecule has 5 nitrogen and oxygen atoms in total. The summed E-state index contributed by atoms with van der Waals surface area (Å²) >= 11 is 4.74. The van der Waals surface area contributed by atoms with E-state index in [-0.39, 0.29) is 18.0 Å². The predicted octanol–water partition coefficient (Wildman–Crippen LogP) is 2.58. The summed E-state index contributed by atoms with van der Waals surface area (Å²) in [6, 6.07) is 6.96. The van der Waals surface area contributed by atoms with Crippen LogP contribution in [0, 0.1) is 0 Å². The number of thioether (sulfide) groups is 1. The van der Waals surface area contributed by atoms with E-state index >= 15 is 0 Å². The Morgan fingerprint density at radius 2 is 2.30 bits per heavy atom. The monoisotopic (exact) mass is 360 g/mol. The van der Waals surface area contributed by atoms with Crippen LogP contribution in [0.25, 0.3) is 0 Å². The van der Waals surface area contributed by atoms with Crippen LogP contribution in [0.1, 0.15) is 17.3 Å². The zero-order valence-corrected chi connectivity index (χ0v) is 13.1. The number of carbonyl (C=O) groups is 2. The topological polar surface area (TPSA) is 61.8 Å². The zero-order chi connectivity index (χ0) is 14.5. The van der Waals surface area contributed by atoms with Crippen LogP contribution in [0.2, 0.25) is 0 Å². The number of esters is 2. The van der Waals surface area contributed by atoms with E-state index in [0.29, 0.717) is 11.3 Å². The first-order valence-corrected chi connectivity index (χ1v) is 7.76. The van der Waals surface area contributed by atoms with E-state index in [0.717, 1.165) is 4.47 Å². The van der Waals surface area contributed by atoms with Gasteiger partial charge in [0.2, 0.25) is 6.29 Å². The second-order valence-corrected chi connectivity index (χ2v) is 6.15. The van der Waals surface area contributed by atoms with Gasteiger partial charge in [-0.25, -0.2) is 4.79 Å². The van der Waals surface area contributed by atoms with E-state index in [1.54, 1.807) is 18.2 Å². The van der Waals surface area contributed by atoms with Gasteiger partial charge in [0, 0.05) is 11.4 Å². The molecule has 108 valence electrons. The average molecular weight is 361 g/mol. The van der Waals surface area contributed by atoms with E-state index in [1.807, 2.05) is 6.07 Å². The van der Waals surface area contributed by atoms with E-state index in [9.17, 15) is 9.59 Å². The van der Waals surface area contributed by atoms with Crippen LogP contribution in [0.5, 0.6) is 0 Å². The van der Waals surface area contributed by atoms with Gasteiger partial charge in [0.15, 0.2) is 0 Å². The van der Waals surface area contributed by atoms with Gasteiger partial charge in [0.05, 0.1) is 11.3 Å². The molecule has 0 radical (unpaired) electrons. The predicted molar refractivity (Wildman–Crippen MR) is 77.3 cm³/mol. The van der Waals surface area contributed by atoms with Crippen molar-refractivity contribution >= 4 is 39.6 Å². The molecule has 20 heavy (non-hydrogen) atoms. The van der Waals surface area contributed by atoms with Gasteiger partial charge in [-0.2, -0.15) is 0 Å². The van der Waals surface area contributed by atoms with Crippen LogP contribution < -0.4 is 0 Å². The van der Waals surface area contributed by atoms with Gasteiger partial charge < -0.3 is 14.2 Å². The molecule has 0 N–H and O–H groups in total. The summed E-state index contributed by atoms with van der Waals surface area (Å²) in [6.45, 7) is 1.45. The molecule has 2 atom stereocenters. The third-order valence-electron chi connectivity index (χ3n) is 2.43. The molecule has 0 amide bonds. The van der Waals surface area contributed by atoms with Crippen molar-refractivity contribution in [3.05, 3.63) is 34.3 Å². The normalized spacial score (nSPS) is 21.5. The van der Waals surface area contributed by atoms with Gasteiger partial charge in [0.25, 0.3) is 0 Å². The highest BCUT2D eigenvalue weighted by Crippen LogP contribution is 2.26. The van der Waals surface area contributed by atoms with E-state index < -0.39 is 12.3 Å². The number of halogens is 1. The lowest BCUT2D eigenvalue weighted by molar-refractivity contribution is -0.172. The molecular formula is C13H13BrO5S. The number of benzene rings is 1. The largest absolute Gasteiger partial charge is 0.458 e. The SMILES string of the molecule is CC(=O)OC1CSC(COC(=O)c2cccc(Br)c2)O1. The van der Waals surface area contributed by atoms with Crippen molar-refractivity contribution in [2.24, 2.45) is 0 Å². The van der Waals surface area contributed by atoms with Crippen LogP contribution in [-0.4, -0.2) is 36.0 Å². The first kappa shape index (κ1) is 15.3. The quantitative estimate of drug-likeness (QED) is 0.769. The minimum Gasteiger partial charge on any atom is -0.458 e. The van der Waals surface area contributed by atoms with Crippen molar-refractivity contribution in [1.82, 2.24) is 0 Å². The molecule has 2 rings (SSSR count). The number of carbonyl (C=O) groups excluding carboxylic acids is 2. The molecule has 7 heteroatoms. The summed E-state index contributed by atoms with van der Waals surface area (Å²) in [7, 11) is 0. The van der Waals surface area contributed by atoms with Gasteiger partial charge in [-0.1, -0.05) is 22.0 Å². The second-order valence-electron chi connectivity index (χ2n) is 4.05. The highest BCUT2D eigenvalue weighted by atomic mass is 79.9. The fraction of sp³-hybridized carbons (Fsp3) is 0.385. The molecule has 0 aliphatic carbocycles. The van der Waals surface area contributed by atoms with E-state index in [4.69, 9.17) is 14.2 Å². The fourth-order valence-electron chi connectivity index (χ4n) is 1.61. The maximum absolute atomic E-state index is 11.8. The molecule has 0 saturated carbocycles. The molecule has 0 aromatic heterocycles. The van der Waals surface area contributed by atoms with Gasteiger partial charge >= 0.3 is 11.9 Å². The fourth-order valence-corrected chi connectivity index (χ4v) is 2.89.